The number of amides is 1. The largest absolute Gasteiger partial charge is 0.354 e. The molecule has 1 N–H and O–H groups in total. The van der Waals surface area contributed by atoms with Gasteiger partial charge in [-0.1, -0.05) is 54.6 Å². The van der Waals surface area contributed by atoms with E-state index in [4.69, 9.17) is 0 Å². The zero-order valence-corrected chi connectivity index (χ0v) is 16.0. The molecule has 0 unspecified atom stereocenters. The number of benzene rings is 2. The van der Waals surface area contributed by atoms with E-state index in [0.717, 1.165) is 22.4 Å². The summed E-state index contributed by atoms with van der Waals surface area (Å²) in [6.07, 6.45) is 5.79. The fourth-order valence-corrected chi connectivity index (χ4v) is 3.17. The molecule has 1 amide bonds. The van der Waals surface area contributed by atoms with Crippen molar-refractivity contribution in [2.24, 2.45) is 0 Å². The molecule has 0 atom stereocenters. The van der Waals surface area contributed by atoms with Crippen LogP contribution in [-0.2, 0) is 17.8 Å². The fourth-order valence-electron chi connectivity index (χ4n) is 3.17. The molecule has 2 heterocycles. The number of rotatable bonds is 7. The van der Waals surface area contributed by atoms with E-state index in [9.17, 15) is 4.79 Å². The fraction of sp³-hybridized carbons (Fsp3) is 0.125. The molecule has 0 aliphatic heterocycles. The van der Waals surface area contributed by atoms with Crippen LogP contribution in [0.15, 0.2) is 91.4 Å². The first-order valence-corrected chi connectivity index (χ1v) is 9.63. The van der Waals surface area contributed by atoms with Crippen molar-refractivity contribution in [2.75, 3.05) is 6.54 Å². The Morgan fingerprint density at radius 3 is 2.31 bits per heavy atom. The van der Waals surface area contributed by atoms with Gasteiger partial charge in [-0.3, -0.25) is 14.5 Å². The van der Waals surface area contributed by atoms with Gasteiger partial charge in [-0.25, -0.2) is 0 Å². The molecule has 0 fully saturated rings. The van der Waals surface area contributed by atoms with Crippen molar-refractivity contribution in [1.29, 1.82) is 0 Å². The highest BCUT2D eigenvalue weighted by molar-refractivity contribution is 5.78. The molecule has 2 aromatic carbocycles. The van der Waals surface area contributed by atoms with Gasteiger partial charge in [0.1, 0.15) is 0 Å². The summed E-state index contributed by atoms with van der Waals surface area (Å²) >= 11 is 0. The predicted molar refractivity (Wildman–Crippen MR) is 114 cm³/mol. The summed E-state index contributed by atoms with van der Waals surface area (Å²) in [5.41, 5.74) is 5.26. The van der Waals surface area contributed by atoms with Gasteiger partial charge in [0, 0.05) is 30.7 Å². The smallest absolute Gasteiger partial charge is 0.224 e. The average Bonchev–Trinajstić information content (AvgIpc) is 3.24. The van der Waals surface area contributed by atoms with E-state index in [2.05, 4.69) is 39.7 Å². The Balaban J connectivity index is 1.26. The first-order valence-electron chi connectivity index (χ1n) is 9.63. The molecule has 0 aliphatic rings. The molecule has 4 aromatic rings. The Kier molecular flexibility index (Phi) is 5.76. The maximum absolute atomic E-state index is 12.2. The van der Waals surface area contributed by atoms with Crippen LogP contribution in [0.3, 0.4) is 0 Å². The van der Waals surface area contributed by atoms with E-state index in [-0.39, 0.29) is 5.91 Å². The Labute approximate surface area is 170 Å². The maximum atomic E-state index is 12.2. The lowest BCUT2D eigenvalue weighted by molar-refractivity contribution is -0.120. The van der Waals surface area contributed by atoms with Crippen LogP contribution in [-0.4, -0.2) is 27.2 Å². The second-order valence-corrected chi connectivity index (χ2v) is 6.79. The Morgan fingerprint density at radius 1 is 0.828 bits per heavy atom. The number of hydrogen-bond donors (Lipinski definition) is 1. The van der Waals surface area contributed by atoms with Crippen molar-refractivity contribution in [3.8, 4) is 22.4 Å². The highest BCUT2D eigenvalue weighted by atomic mass is 16.1. The van der Waals surface area contributed by atoms with E-state index < -0.39 is 0 Å². The van der Waals surface area contributed by atoms with Crippen LogP contribution in [0.4, 0.5) is 0 Å². The molecule has 29 heavy (non-hydrogen) atoms. The first-order chi connectivity index (χ1) is 14.3. The zero-order chi connectivity index (χ0) is 19.9. The number of carbonyl (C=O) groups excluding carboxylic acids is 1. The van der Waals surface area contributed by atoms with E-state index in [0.29, 0.717) is 19.5 Å². The molecule has 0 aliphatic carbocycles. The van der Waals surface area contributed by atoms with E-state index in [1.807, 2.05) is 59.4 Å². The molecule has 0 spiro atoms. The summed E-state index contributed by atoms with van der Waals surface area (Å²) in [5, 5.41) is 7.50. The molecule has 144 valence electrons. The molecule has 5 nitrogen and oxygen atoms in total. The molecule has 0 radical (unpaired) electrons. The second-order valence-electron chi connectivity index (χ2n) is 6.79. The van der Waals surface area contributed by atoms with Crippen molar-refractivity contribution in [3.63, 3.8) is 0 Å². The summed E-state index contributed by atoms with van der Waals surface area (Å²) in [7, 11) is 0. The quantitative estimate of drug-likeness (QED) is 0.526. The molecular weight excluding hydrogens is 360 g/mol. The Bertz CT molecular complexity index is 1060. The van der Waals surface area contributed by atoms with Gasteiger partial charge in [-0.15, -0.1) is 0 Å². The van der Waals surface area contributed by atoms with E-state index in [1.165, 1.54) is 5.56 Å². The molecule has 2 aromatic heterocycles. The number of nitrogens with zero attached hydrogens (tertiary/aromatic N) is 3. The second kappa shape index (κ2) is 8.97. The molecule has 0 saturated heterocycles. The van der Waals surface area contributed by atoms with Crippen LogP contribution < -0.4 is 5.32 Å². The van der Waals surface area contributed by atoms with Gasteiger partial charge >= 0.3 is 0 Å². The minimum absolute atomic E-state index is 0.0129. The van der Waals surface area contributed by atoms with Crippen LogP contribution in [0.2, 0.25) is 0 Å². The van der Waals surface area contributed by atoms with E-state index in [1.54, 1.807) is 12.4 Å². The van der Waals surface area contributed by atoms with Crippen molar-refractivity contribution >= 4 is 5.91 Å². The lowest BCUT2D eigenvalue weighted by Crippen LogP contribution is -2.28. The van der Waals surface area contributed by atoms with Crippen LogP contribution >= 0.6 is 0 Å². The van der Waals surface area contributed by atoms with Crippen LogP contribution in [0.5, 0.6) is 0 Å². The summed E-state index contributed by atoms with van der Waals surface area (Å²) in [5.74, 6) is 0.0129. The average molecular weight is 382 g/mol. The summed E-state index contributed by atoms with van der Waals surface area (Å²) in [6, 6.07) is 24.2. The predicted octanol–water partition coefficient (Wildman–Crippen LogP) is 3.97. The zero-order valence-electron chi connectivity index (χ0n) is 16.0. The summed E-state index contributed by atoms with van der Waals surface area (Å²) < 4.78 is 1.84. The summed E-state index contributed by atoms with van der Waals surface area (Å²) in [4.78, 5) is 16.3. The Morgan fingerprint density at radius 2 is 1.55 bits per heavy atom. The highest BCUT2D eigenvalue weighted by Gasteiger charge is 2.05. The molecule has 0 saturated carbocycles. The van der Waals surface area contributed by atoms with Gasteiger partial charge in [-0.05, 0) is 34.9 Å². The minimum Gasteiger partial charge on any atom is -0.354 e. The van der Waals surface area contributed by atoms with Crippen LogP contribution in [0, 0.1) is 0 Å². The lowest BCUT2D eigenvalue weighted by Gasteiger charge is -2.07. The molecular formula is C24H22N4O. The van der Waals surface area contributed by atoms with Crippen LogP contribution in [0.25, 0.3) is 22.4 Å². The minimum atomic E-state index is 0.0129. The van der Waals surface area contributed by atoms with E-state index >= 15 is 0 Å². The van der Waals surface area contributed by atoms with Gasteiger partial charge in [0.2, 0.25) is 5.91 Å². The summed E-state index contributed by atoms with van der Waals surface area (Å²) in [6.45, 7) is 1.17. The molecule has 0 bridgehead atoms. The normalized spacial score (nSPS) is 10.6. The first kappa shape index (κ1) is 18.6. The van der Waals surface area contributed by atoms with Gasteiger partial charge in [0.05, 0.1) is 18.7 Å². The third-order valence-corrected chi connectivity index (χ3v) is 4.71. The Hall–Kier alpha value is -3.73. The van der Waals surface area contributed by atoms with Crippen molar-refractivity contribution < 1.29 is 4.79 Å². The van der Waals surface area contributed by atoms with Crippen molar-refractivity contribution in [2.45, 2.75) is 13.0 Å². The molecule has 5 heteroatoms. The van der Waals surface area contributed by atoms with Gasteiger partial charge < -0.3 is 5.32 Å². The number of pyridine rings is 1. The van der Waals surface area contributed by atoms with Crippen molar-refractivity contribution in [1.82, 2.24) is 20.1 Å². The third kappa shape index (κ3) is 4.96. The lowest BCUT2D eigenvalue weighted by atomic mass is 10.0. The maximum Gasteiger partial charge on any atom is 0.224 e. The molecule has 4 rings (SSSR count). The number of nitrogens with one attached hydrogen (secondary N) is 1. The van der Waals surface area contributed by atoms with Gasteiger partial charge in [0.25, 0.3) is 0 Å². The topological polar surface area (TPSA) is 59.8 Å². The highest BCUT2D eigenvalue weighted by Crippen LogP contribution is 2.19. The van der Waals surface area contributed by atoms with Gasteiger partial charge in [-0.2, -0.15) is 5.10 Å². The third-order valence-electron chi connectivity index (χ3n) is 4.71. The number of carbonyl (C=O) groups is 1. The standard InChI is InChI=1S/C24H22N4O/c29-24(18-19-6-8-21(9-7-19)20-4-2-1-3-5-20)26-15-17-28-16-12-23(27-28)22-10-13-25-14-11-22/h1-14,16H,15,17-18H2,(H,26,29). The van der Waals surface area contributed by atoms with Crippen molar-refractivity contribution in [3.05, 3.63) is 97.0 Å². The monoisotopic (exact) mass is 382 g/mol. The number of hydrogen-bond acceptors (Lipinski definition) is 3. The SMILES string of the molecule is O=C(Cc1ccc(-c2ccccc2)cc1)NCCn1ccc(-c2ccncc2)n1. The van der Waals surface area contributed by atoms with Gasteiger partial charge in [0.15, 0.2) is 0 Å². The number of aromatic nitrogens is 3. The van der Waals surface area contributed by atoms with Crippen LogP contribution in [0.1, 0.15) is 5.56 Å².